The van der Waals surface area contributed by atoms with Crippen LogP contribution in [0.25, 0.3) is 11.1 Å². The Hall–Kier alpha value is -1.59. The lowest BCUT2D eigenvalue weighted by atomic mass is 10.1. The first-order valence-electron chi connectivity index (χ1n) is 6.49. The van der Waals surface area contributed by atoms with Gasteiger partial charge in [0.05, 0.1) is 11.7 Å². The molecular weight excluding hydrogens is 258 g/mol. The van der Waals surface area contributed by atoms with E-state index in [9.17, 15) is 5.11 Å². The maximum absolute atomic E-state index is 9.60. The molecule has 0 atom stereocenters. The zero-order valence-corrected chi connectivity index (χ0v) is 11.4. The van der Waals surface area contributed by atoms with Crippen LogP contribution in [0.5, 0.6) is 0 Å². The minimum atomic E-state index is -0.165. The molecular formula is C14H17N3OS. The molecule has 2 aromatic rings. The summed E-state index contributed by atoms with van der Waals surface area (Å²) in [5.74, 6) is 0.595. The second-order valence-electron chi connectivity index (χ2n) is 4.83. The number of rotatable bonds is 2. The molecule has 1 aliphatic heterocycles. The smallest absolute Gasteiger partial charge is 0.147 e. The quantitative estimate of drug-likeness (QED) is 0.883. The predicted molar refractivity (Wildman–Crippen MR) is 79.4 cm³/mol. The van der Waals surface area contributed by atoms with Crippen molar-refractivity contribution in [2.45, 2.75) is 18.9 Å². The summed E-state index contributed by atoms with van der Waals surface area (Å²) < 4.78 is 4.30. The number of hydrogen-bond acceptors (Lipinski definition) is 5. The molecule has 5 heteroatoms. The molecule has 0 unspecified atom stereocenters. The van der Waals surface area contributed by atoms with E-state index in [0.29, 0.717) is 5.82 Å². The number of anilines is 2. The third kappa shape index (κ3) is 2.43. The second-order valence-corrected chi connectivity index (χ2v) is 5.58. The molecule has 3 N–H and O–H groups in total. The van der Waals surface area contributed by atoms with Crippen LogP contribution in [0.15, 0.2) is 30.3 Å². The van der Waals surface area contributed by atoms with E-state index in [0.717, 1.165) is 42.1 Å². The molecule has 100 valence electrons. The van der Waals surface area contributed by atoms with Crippen LogP contribution in [-0.2, 0) is 0 Å². The predicted octanol–water partition coefficient (Wildman–Crippen LogP) is 2.35. The van der Waals surface area contributed by atoms with Crippen molar-refractivity contribution in [2.24, 2.45) is 0 Å². The summed E-state index contributed by atoms with van der Waals surface area (Å²) in [4.78, 5) is 2.28. The van der Waals surface area contributed by atoms with Crippen molar-refractivity contribution in [2.75, 3.05) is 23.7 Å². The van der Waals surface area contributed by atoms with Crippen molar-refractivity contribution in [1.29, 1.82) is 0 Å². The monoisotopic (exact) mass is 275 g/mol. The Morgan fingerprint density at radius 1 is 1.21 bits per heavy atom. The summed E-state index contributed by atoms with van der Waals surface area (Å²) in [5, 5.41) is 10.7. The third-order valence-corrected chi connectivity index (χ3v) is 4.44. The van der Waals surface area contributed by atoms with Gasteiger partial charge in [0.15, 0.2) is 0 Å². The zero-order valence-electron chi connectivity index (χ0n) is 10.6. The average Bonchev–Trinajstić information content (AvgIpc) is 2.82. The molecule has 0 amide bonds. The molecule has 0 spiro atoms. The first-order chi connectivity index (χ1) is 9.25. The number of hydrogen-bond donors (Lipinski definition) is 2. The fourth-order valence-electron chi connectivity index (χ4n) is 2.45. The summed E-state index contributed by atoms with van der Waals surface area (Å²) in [6, 6.07) is 10.1. The molecule has 2 heterocycles. The van der Waals surface area contributed by atoms with Crippen LogP contribution in [0, 0.1) is 0 Å². The van der Waals surface area contributed by atoms with Crippen molar-refractivity contribution in [1.82, 2.24) is 4.37 Å². The van der Waals surface area contributed by atoms with E-state index in [1.54, 1.807) is 0 Å². The van der Waals surface area contributed by atoms with Crippen LogP contribution in [-0.4, -0.2) is 28.7 Å². The fourth-order valence-corrected chi connectivity index (χ4v) is 3.34. The number of benzene rings is 1. The standard InChI is InChI=1S/C14H17N3OS/c15-13-12(10-4-2-1-3-5-10)14(19-16-13)17-8-6-11(18)7-9-17/h1-5,11,18H,6-9H2,(H2,15,16). The summed E-state index contributed by atoms with van der Waals surface area (Å²) in [5.41, 5.74) is 8.17. The van der Waals surface area contributed by atoms with Gasteiger partial charge in [-0.05, 0) is 29.9 Å². The number of nitrogen functional groups attached to an aromatic ring is 1. The lowest BCUT2D eigenvalue weighted by molar-refractivity contribution is 0.145. The van der Waals surface area contributed by atoms with Gasteiger partial charge in [0.2, 0.25) is 0 Å². The minimum Gasteiger partial charge on any atom is -0.393 e. The van der Waals surface area contributed by atoms with Crippen molar-refractivity contribution in [3.8, 4) is 11.1 Å². The maximum atomic E-state index is 9.60. The van der Waals surface area contributed by atoms with Gasteiger partial charge >= 0.3 is 0 Å². The summed E-state index contributed by atoms with van der Waals surface area (Å²) in [6.45, 7) is 1.73. The van der Waals surface area contributed by atoms with Gasteiger partial charge in [-0.1, -0.05) is 30.3 Å². The van der Waals surface area contributed by atoms with Gasteiger partial charge in [-0.2, -0.15) is 4.37 Å². The number of nitrogens with zero attached hydrogens (tertiary/aromatic N) is 2. The number of aliphatic hydroxyl groups excluding tert-OH is 1. The van der Waals surface area contributed by atoms with E-state index in [-0.39, 0.29) is 6.10 Å². The Morgan fingerprint density at radius 2 is 1.89 bits per heavy atom. The number of nitrogens with two attached hydrogens (primary N) is 1. The molecule has 4 nitrogen and oxygen atoms in total. The highest BCUT2D eigenvalue weighted by Gasteiger charge is 2.23. The van der Waals surface area contributed by atoms with Crippen molar-refractivity contribution >= 4 is 22.4 Å². The van der Waals surface area contributed by atoms with Gasteiger partial charge in [0, 0.05) is 13.1 Å². The highest BCUT2D eigenvalue weighted by atomic mass is 32.1. The van der Waals surface area contributed by atoms with E-state index in [1.807, 2.05) is 18.2 Å². The second kappa shape index (κ2) is 5.19. The van der Waals surface area contributed by atoms with E-state index in [4.69, 9.17) is 5.73 Å². The van der Waals surface area contributed by atoms with Gasteiger partial charge in [0.1, 0.15) is 10.8 Å². The third-order valence-electron chi connectivity index (χ3n) is 3.51. The van der Waals surface area contributed by atoms with Gasteiger partial charge in [-0.15, -0.1) is 0 Å². The topological polar surface area (TPSA) is 62.4 Å². The Balaban J connectivity index is 1.95. The zero-order chi connectivity index (χ0) is 13.2. The first-order valence-corrected chi connectivity index (χ1v) is 7.26. The number of aliphatic hydroxyl groups is 1. The Bertz CT molecular complexity index is 547. The largest absolute Gasteiger partial charge is 0.393 e. The van der Waals surface area contributed by atoms with E-state index in [2.05, 4.69) is 21.4 Å². The number of aromatic nitrogens is 1. The van der Waals surface area contributed by atoms with E-state index >= 15 is 0 Å². The normalized spacial score (nSPS) is 16.8. The van der Waals surface area contributed by atoms with Crippen molar-refractivity contribution in [3.05, 3.63) is 30.3 Å². The molecule has 1 aromatic carbocycles. The maximum Gasteiger partial charge on any atom is 0.147 e. The molecule has 1 aliphatic rings. The summed E-state index contributed by atoms with van der Waals surface area (Å²) >= 11 is 1.45. The Morgan fingerprint density at radius 3 is 2.58 bits per heavy atom. The van der Waals surface area contributed by atoms with Crippen LogP contribution in [0.1, 0.15) is 12.8 Å². The van der Waals surface area contributed by atoms with E-state index < -0.39 is 0 Å². The van der Waals surface area contributed by atoms with Gasteiger partial charge in [-0.25, -0.2) is 0 Å². The van der Waals surface area contributed by atoms with Crippen LogP contribution in [0.4, 0.5) is 10.8 Å². The average molecular weight is 275 g/mol. The van der Waals surface area contributed by atoms with Crippen LogP contribution in [0.3, 0.4) is 0 Å². The van der Waals surface area contributed by atoms with Crippen molar-refractivity contribution < 1.29 is 5.11 Å². The molecule has 19 heavy (non-hydrogen) atoms. The molecule has 0 bridgehead atoms. The van der Waals surface area contributed by atoms with Crippen LogP contribution in [0.2, 0.25) is 0 Å². The molecule has 1 fully saturated rings. The molecule has 3 rings (SSSR count). The summed E-state index contributed by atoms with van der Waals surface area (Å²) in [6.07, 6.45) is 1.46. The van der Waals surface area contributed by atoms with Crippen molar-refractivity contribution in [3.63, 3.8) is 0 Å². The minimum absolute atomic E-state index is 0.165. The molecule has 1 aromatic heterocycles. The molecule has 1 saturated heterocycles. The van der Waals surface area contributed by atoms with Gasteiger partial charge in [0.25, 0.3) is 0 Å². The van der Waals surface area contributed by atoms with E-state index in [1.165, 1.54) is 11.5 Å². The SMILES string of the molecule is Nc1nsc(N2CCC(O)CC2)c1-c1ccccc1. The highest BCUT2D eigenvalue weighted by Crippen LogP contribution is 2.40. The lowest BCUT2D eigenvalue weighted by Gasteiger charge is -2.30. The fraction of sp³-hybridized carbons (Fsp3) is 0.357. The van der Waals surface area contributed by atoms with Crippen LogP contribution < -0.4 is 10.6 Å². The molecule has 0 aliphatic carbocycles. The summed E-state index contributed by atoms with van der Waals surface area (Å²) in [7, 11) is 0. The molecule has 0 saturated carbocycles. The van der Waals surface area contributed by atoms with Crippen LogP contribution >= 0.6 is 11.5 Å². The number of piperidine rings is 1. The Kier molecular flexibility index (Phi) is 3.40. The highest BCUT2D eigenvalue weighted by molar-refractivity contribution is 7.11. The Labute approximate surface area is 116 Å². The van der Waals surface area contributed by atoms with Gasteiger partial charge < -0.3 is 15.7 Å². The first kappa shape index (κ1) is 12.4. The molecule has 0 radical (unpaired) electrons. The lowest BCUT2D eigenvalue weighted by Crippen LogP contribution is -2.35. The van der Waals surface area contributed by atoms with Gasteiger partial charge in [-0.3, -0.25) is 0 Å².